The number of methoxy groups -OCH3 is 1. The second-order valence-corrected chi connectivity index (χ2v) is 7.10. The minimum atomic E-state index is -0.233. The van der Waals surface area contributed by atoms with E-state index in [2.05, 4.69) is 17.2 Å². The molecule has 0 bridgehead atoms. The highest BCUT2D eigenvalue weighted by atomic mass is 35.5. The molecule has 1 amide bonds. The number of amides is 1. The Morgan fingerprint density at radius 3 is 2.92 bits per heavy atom. The fourth-order valence-electron chi connectivity index (χ4n) is 2.37. The number of carbonyl (C=O) groups is 1. The molecule has 0 atom stereocenters. The summed E-state index contributed by atoms with van der Waals surface area (Å²) in [7, 11) is 1.56. The first-order valence-corrected chi connectivity index (χ1v) is 9.48. The van der Waals surface area contributed by atoms with Crippen LogP contribution in [-0.2, 0) is 0 Å². The number of hydrogen-bond acceptors (Lipinski definition) is 5. The van der Waals surface area contributed by atoms with Crippen LogP contribution in [0.15, 0.2) is 36.4 Å². The Labute approximate surface area is 160 Å². The van der Waals surface area contributed by atoms with Crippen molar-refractivity contribution < 1.29 is 14.3 Å². The second kappa shape index (κ2) is 8.38. The fraction of sp³-hybridized carbons (Fsp3) is 0.263. The van der Waals surface area contributed by atoms with E-state index in [1.165, 1.54) is 11.3 Å². The van der Waals surface area contributed by atoms with E-state index in [0.717, 1.165) is 17.5 Å². The number of thiazole rings is 1. The number of rotatable bonds is 7. The third-order valence-electron chi connectivity index (χ3n) is 3.75. The van der Waals surface area contributed by atoms with Crippen LogP contribution in [0.5, 0.6) is 11.5 Å². The van der Waals surface area contributed by atoms with Gasteiger partial charge in [0, 0.05) is 11.6 Å². The van der Waals surface area contributed by atoms with E-state index in [9.17, 15) is 4.79 Å². The quantitative estimate of drug-likeness (QED) is 0.549. The van der Waals surface area contributed by atoms with Crippen molar-refractivity contribution in [1.82, 2.24) is 4.98 Å². The van der Waals surface area contributed by atoms with Gasteiger partial charge in [0.15, 0.2) is 5.13 Å². The lowest BCUT2D eigenvalue weighted by Crippen LogP contribution is -2.11. The van der Waals surface area contributed by atoms with Crippen molar-refractivity contribution >= 4 is 44.2 Å². The van der Waals surface area contributed by atoms with Gasteiger partial charge in [0.05, 0.1) is 29.0 Å². The Kier molecular flexibility index (Phi) is 5.96. The van der Waals surface area contributed by atoms with Gasteiger partial charge in [0.25, 0.3) is 5.91 Å². The monoisotopic (exact) mass is 390 g/mol. The molecule has 0 unspecified atom stereocenters. The summed E-state index contributed by atoms with van der Waals surface area (Å²) in [6.07, 6.45) is 2.04. The van der Waals surface area contributed by atoms with Crippen molar-refractivity contribution in [1.29, 1.82) is 0 Å². The zero-order valence-corrected chi connectivity index (χ0v) is 16.1. The summed E-state index contributed by atoms with van der Waals surface area (Å²) in [5.41, 5.74) is 1.24. The largest absolute Gasteiger partial charge is 0.495 e. The normalized spacial score (nSPS) is 10.7. The first kappa shape index (κ1) is 18.5. The topological polar surface area (TPSA) is 60.5 Å². The number of nitrogens with zero attached hydrogens (tertiary/aromatic N) is 1. The smallest absolute Gasteiger partial charge is 0.257 e. The average Bonchev–Trinajstić information content (AvgIpc) is 3.02. The first-order valence-electron chi connectivity index (χ1n) is 8.29. The second-order valence-electron chi connectivity index (χ2n) is 5.66. The molecular weight excluding hydrogens is 372 g/mol. The maximum atomic E-state index is 12.5. The molecule has 0 aliphatic rings. The molecule has 26 heavy (non-hydrogen) atoms. The number of benzene rings is 2. The molecule has 0 saturated heterocycles. The minimum Gasteiger partial charge on any atom is -0.495 e. The van der Waals surface area contributed by atoms with Crippen LogP contribution in [0.2, 0.25) is 5.02 Å². The maximum Gasteiger partial charge on any atom is 0.257 e. The van der Waals surface area contributed by atoms with Gasteiger partial charge in [-0.05, 0) is 30.7 Å². The van der Waals surface area contributed by atoms with Crippen molar-refractivity contribution in [2.45, 2.75) is 19.8 Å². The lowest BCUT2D eigenvalue weighted by atomic mass is 10.2. The number of fused-ring (bicyclic) bond motifs is 1. The number of carbonyl (C=O) groups excluding carboxylic acids is 1. The lowest BCUT2D eigenvalue weighted by molar-refractivity contribution is 0.102. The Morgan fingerprint density at radius 1 is 1.31 bits per heavy atom. The standard InChI is InChI=1S/C19H19ClN2O3S/c1-3-4-8-25-13-7-5-6-12(9-13)18(23)22-19-21-15-10-14(20)16(24-2)11-17(15)26-19/h5-7,9-11H,3-4,8H2,1-2H3,(H,21,22,23). The van der Waals surface area contributed by atoms with Crippen LogP contribution in [0, 0.1) is 0 Å². The lowest BCUT2D eigenvalue weighted by Gasteiger charge is -2.07. The summed E-state index contributed by atoms with van der Waals surface area (Å²) >= 11 is 7.49. The predicted octanol–water partition coefficient (Wildman–Crippen LogP) is 5.39. The number of anilines is 1. The number of halogens is 1. The van der Waals surface area contributed by atoms with E-state index < -0.39 is 0 Å². The summed E-state index contributed by atoms with van der Waals surface area (Å²) in [5.74, 6) is 1.03. The third kappa shape index (κ3) is 4.26. The number of ether oxygens (including phenoxy) is 2. The summed E-state index contributed by atoms with van der Waals surface area (Å²) < 4.78 is 11.8. The molecule has 0 fully saturated rings. The number of hydrogen-bond donors (Lipinski definition) is 1. The maximum absolute atomic E-state index is 12.5. The molecule has 5 nitrogen and oxygen atoms in total. The molecular formula is C19H19ClN2O3S. The van der Waals surface area contributed by atoms with E-state index in [1.807, 2.05) is 12.1 Å². The van der Waals surface area contributed by atoms with Crippen molar-refractivity contribution in [2.24, 2.45) is 0 Å². The first-order chi connectivity index (χ1) is 12.6. The van der Waals surface area contributed by atoms with Crippen molar-refractivity contribution in [3.63, 3.8) is 0 Å². The van der Waals surface area contributed by atoms with Gasteiger partial charge in [0.1, 0.15) is 11.5 Å². The molecule has 7 heteroatoms. The van der Waals surface area contributed by atoms with E-state index >= 15 is 0 Å². The van der Waals surface area contributed by atoms with E-state index in [4.69, 9.17) is 21.1 Å². The van der Waals surface area contributed by atoms with Gasteiger partial charge in [-0.2, -0.15) is 0 Å². The van der Waals surface area contributed by atoms with E-state index in [-0.39, 0.29) is 5.91 Å². The Morgan fingerprint density at radius 2 is 2.15 bits per heavy atom. The van der Waals surface area contributed by atoms with E-state index in [0.29, 0.717) is 39.3 Å². The molecule has 1 N–H and O–H groups in total. The SMILES string of the molecule is CCCCOc1cccc(C(=O)Nc2nc3cc(Cl)c(OC)cc3s2)c1. The van der Waals surface area contributed by atoms with Crippen LogP contribution in [0.25, 0.3) is 10.2 Å². The molecule has 3 aromatic rings. The number of unbranched alkanes of at least 4 members (excludes halogenated alkanes) is 1. The van der Waals surface area contributed by atoms with Crippen LogP contribution < -0.4 is 14.8 Å². The van der Waals surface area contributed by atoms with Gasteiger partial charge in [0.2, 0.25) is 0 Å². The summed E-state index contributed by atoms with van der Waals surface area (Å²) in [6.45, 7) is 2.75. The van der Waals surface area contributed by atoms with Gasteiger partial charge in [-0.15, -0.1) is 0 Å². The summed E-state index contributed by atoms with van der Waals surface area (Å²) in [6, 6.07) is 10.7. The Bertz CT molecular complexity index is 926. The molecule has 136 valence electrons. The molecule has 0 aliphatic carbocycles. The van der Waals surface area contributed by atoms with Crippen LogP contribution in [0.4, 0.5) is 5.13 Å². The molecule has 0 aliphatic heterocycles. The van der Waals surface area contributed by atoms with Crippen molar-refractivity contribution in [3.05, 3.63) is 47.0 Å². The van der Waals surface area contributed by atoms with E-state index in [1.54, 1.807) is 31.4 Å². The highest BCUT2D eigenvalue weighted by Gasteiger charge is 2.13. The molecule has 0 spiro atoms. The molecule has 0 radical (unpaired) electrons. The van der Waals surface area contributed by atoms with Crippen LogP contribution >= 0.6 is 22.9 Å². The third-order valence-corrected chi connectivity index (χ3v) is 4.97. The van der Waals surface area contributed by atoms with Gasteiger partial charge in [-0.3, -0.25) is 10.1 Å². The number of nitrogens with one attached hydrogen (secondary N) is 1. The predicted molar refractivity (Wildman–Crippen MR) is 106 cm³/mol. The average molecular weight is 391 g/mol. The molecule has 0 saturated carbocycles. The Balaban J connectivity index is 1.75. The van der Waals surface area contributed by atoms with Crippen LogP contribution in [0.1, 0.15) is 30.1 Å². The van der Waals surface area contributed by atoms with Gasteiger partial charge < -0.3 is 9.47 Å². The molecule has 1 heterocycles. The summed E-state index contributed by atoms with van der Waals surface area (Å²) in [4.78, 5) is 16.9. The zero-order chi connectivity index (χ0) is 18.5. The molecule has 3 rings (SSSR count). The Hall–Kier alpha value is -2.31. The van der Waals surface area contributed by atoms with Crippen molar-refractivity contribution in [3.8, 4) is 11.5 Å². The minimum absolute atomic E-state index is 0.233. The van der Waals surface area contributed by atoms with Gasteiger partial charge >= 0.3 is 0 Å². The highest BCUT2D eigenvalue weighted by molar-refractivity contribution is 7.22. The summed E-state index contributed by atoms with van der Waals surface area (Å²) in [5, 5.41) is 3.82. The van der Waals surface area contributed by atoms with Crippen LogP contribution in [0.3, 0.4) is 0 Å². The van der Waals surface area contributed by atoms with Crippen LogP contribution in [-0.4, -0.2) is 24.6 Å². The molecule has 1 aromatic heterocycles. The number of aromatic nitrogens is 1. The highest BCUT2D eigenvalue weighted by Crippen LogP contribution is 2.34. The van der Waals surface area contributed by atoms with Gasteiger partial charge in [-0.1, -0.05) is 42.3 Å². The molecule has 2 aromatic carbocycles. The van der Waals surface area contributed by atoms with Crippen molar-refractivity contribution in [2.75, 3.05) is 19.0 Å². The fourth-order valence-corrected chi connectivity index (χ4v) is 3.48. The zero-order valence-electron chi connectivity index (χ0n) is 14.5. The van der Waals surface area contributed by atoms with Gasteiger partial charge in [-0.25, -0.2) is 4.98 Å².